The van der Waals surface area contributed by atoms with Gasteiger partial charge in [-0.2, -0.15) is 0 Å². The van der Waals surface area contributed by atoms with Crippen molar-refractivity contribution in [3.05, 3.63) is 60.2 Å². The number of thioether (sulfide) groups is 2. The number of aromatic nitrogens is 2. The topological polar surface area (TPSA) is 92.3 Å². The molecule has 0 aliphatic heterocycles. The van der Waals surface area contributed by atoms with E-state index in [4.69, 9.17) is 0 Å². The van der Waals surface area contributed by atoms with E-state index >= 15 is 0 Å². The summed E-state index contributed by atoms with van der Waals surface area (Å²) in [5.74, 6) is 0.266. The summed E-state index contributed by atoms with van der Waals surface area (Å²) in [7, 11) is -3.64. The number of rotatable bonds is 9. The molecule has 0 saturated heterocycles. The van der Waals surface area contributed by atoms with Gasteiger partial charge in [0.1, 0.15) is 6.54 Å². The molecule has 0 fully saturated rings. The molecule has 1 aromatic heterocycles. The summed E-state index contributed by atoms with van der Waals surface area (Å²) in [5, 5.41) is 11.0. The zero-order valence-electron chi connectivity index (χ0n) is 16.3. The molecular formula is C19H20N4O3S4. The lowest BCUT2D eigenvalue weighted by molar-refractivity contribution is -0.114. The Morgan fingerprint density at radius 3 is 2.60 bits per heavy atom. The lowest BCUT2D eigenvalue weighted by Gasteiger charge is -2.22. The SMILES string of the molecule is CSc1cccc(N(CC(=O)Nc2nnc(SCc3ccccc3)s2)S(C)(=O)=O)c1. The van der Waals surface area contributed by atoms with Gasteiger partial charge in [-0.05, 0) is 30.0 Å². The van der Waals surface area contributed by atoms with Crippen molar-refractivity contribution in [2.45, 2.75) is 15.0 Å². The fourth-order valence-corrected chi connectivity index (χ4v) is 5.52. The van der Waals surface area contributed by atoms with Gasteiger partial charge in [0, 0.05) is 10.6 Å². The van der Waals surface area contributed by atoms with Crippen LogP contribution < -0.4 is 9.62 Å². The average molecular weight is 481 g/mol. The molecule has 2 aromatic carbocycles. The van der Waals surface area contributed by atoms with Gasteiger partial charge in [0.05, 0.1) is 11.9 Å². The predicted octanol–water partition coefficient (Wildman–Crippen LogP) is 3.96. The van der Waals surface area contributed by atoms with Gasteiger partial charge < -0.3 is 0 Å². The second-order valence-electron chi connectivity index (χ2n) is 6.17. The Hall–Kier alpha value is -2.08. The first-order valence-corrected chi connectivity index (χ1v) is 13.6. The molecular weight excluding hydrogens is 461 g/mol. The van der Waals surface area contributed by atoms with Gasteiger partial charge in [0.25, 0.3) is 0 Å². The summed E-state index contributed by atoms with van der Waals surface area (Å²) in [6.07, 6.45) is 2.98. The highest BCUT2D eigenvalue weighted by molar-refractivity contribution is 8.00. The van der Waals surface area contributed by atoms with Crippen molar-refractivity contribution in [2.75, 3.05) is 28.7 Å². The largest absolute Gasteiger partial charge is 0.299 e. The van der Waals surface area contributed by atoms with Crippen LogP contribution in [-0.4, -0.2) is 43.6 Å². The fourth-order valence-electron chi connectivity index (χ4n) is 2.49. The summed E-state index contributed by atoms with van der Waals surface area (Å²) < 4.78 is 26.3. The zero-order valence-corrected chi connectivity index (χ0v) is 19.6. The van der Waals surface area contributed by atoms with Crippen LogP contribution >= 0.6 is 34.9 Å². The minimum Gasteiger partial charge on any atom is -0.299 e. The number of carbonyl (C=O) groups excluding carboxylic acids is 1. The Balaban J connectivity index is 1.64. The summed E-state index contributed by atoms with van der Waals surface area (Å²) in [4.78, 5) is 13.4. The Kier molecular flexibility index (Phi) is 7.75. The van der Waals surface area contributed by atoms with Crippen LogP contribution in [0.3, 0.4) is 0 Å². The highest BCUT2D eigenvalue weighted by Gasteiger charge is 2.22. The van der Waals surface area contributed by atoms with Crippen LogP contribution in [-0.2, 0) is 20.6 Å². The first-order valence-electron chi connectivity index (χ1n) is 8.77. The second-order valence-corrected chi connectivity index (χ2v) is 11.2. The number of sulfonamides is 1. The van der Waals surface area contributed by atoms with Crippen molar-refractivity contribution in [3.8, 4) is 0 Å². The van der Waals surface area contributed by atoms with E-state index in [0.717, 1.165) is 25.5 Å². The number of anilines is 2. The maximum absolute atomic E-state index is 12.5. The summed E-state index contributed by atoms with van der Waals surface area (Å²) in [6, 6.07) is 17.0. The number of nitrogens with zero attached hydrogens (tertiary/aromatic N) is 3. The third kappa shape index (κ3) is 6.46. The normalized spacial score (nSPS) is 11.3. The van der Waals surface area contributed by atoms with Crippen LogP contribution in [0.15, 0.2) is 63.8 Å². The number of nitrogens with one attached hydrogen (secondary N) is 1. The Morgan fingerprint density at radius 1 is 1.13 bits per heavy atom. The number of amides is 1. The molecule has 1 N–H and O–H groups in total. The summed E-state index contributed by atoms with van der Waals surface area (Å²) in [5.41, 5.74) is 1.61. The monoisotopic (exact) mass is 480 g/mol. The van der Waals surface area contributed by atoms with Crippen molar-refractivity contribution >= 4 is 61.6 Å². The van der Waals surface area contributed by atoms with E-state index in [1.165, 1.54) is 40.4 Å². The standard InChI is InChI=1S/C19H20N4O3S4/c1-27-16-10-6-9-15(11-16)23(30(2,25)26)12-17(24)20-18-21-22-19(29-18)28-13-14-7-4-3-5-8-14/h3-11H,12-13H2,1-2H3,(H,20,21,24). The molecule has 3 rings (SSSR count). The van der Waals surface area contributed by atoms with E-state index in [1.807, 2.05) is 42.7 Å². The average Bonchev–Trinajstić information content (AvgIpc) is 3.17. The third-order valence-electron chi connectivity index (χ3n) is 3.89. The van der Waals surface area contributed by atoms with E-state index in [9.17, 15) is 13.2 Å². The first kappa shape index (κ1) is 22.6. The van der Waals surface area contributed by atoms with Crippen LogP contribution in [0.25, 0.3) is 0 Å². The fraction of sp³-hybridized carbons (Fsp3) is 0.211. The van der Waals surface area contributed by atoms with Gasteiger partial charge >= 0.3 is 0 Å². The molecule has 0 bridgehead atoms. The van der Waals surface area contributed by atoms with Crippen molar-refractivity contribution in [1.29, 1.82) is 0 Å². The highest BCUT2D eigenvalue weighted by atomic mass is 32.2. The Labute approximate surface area is 188 Å². The Morgan fingerprint density at radius 2 is 1.90 bits per heavy atom. The van der Waals surface area contributed by atoms with Crippen LogP contribution in [0.1, 0.15) is 5.56 Å². The second kappa shape index (κ2) is 10.3. The molecule has 11 heteroatoms. The number of hydrogen-bond donors (Lipinski definition) is 1. The molecule has 7 nitrogen and oxygen atoms in total. The number of hydrogen-bond acceptors (Lipinski definition) is 8. The molecule has 30 heavy (non-hydrogen) atoms. The van der Waals surface area contributed by atoms with Gasteiger partial charge in [0.15, 0.2) is 4.34 Å². The van der Waals surface area contributed by atoms with E-state index in [1.54, 1.807) is 18.2 Å². The molecule has 158 valence electrons. The van der Waals surface area contributed by atoms with Crippen LogP contribution in [0.2, 0.25) is 0 Å². The molecule has 0 atom stereocenters. The smallest absolute Gasteiger partial charge is 0.246 e. The van der Waals surface area contributed by atoms with Crippen molar-refractivity contribution in [3.63, 3.8) is 0 Å². The third-order valence-corrected chi connectivity index (χ3v) is 7.80. The van der Waals surface area contributed by atoms with E-state index in [-0.39, 0.29) is 6.54 Å². The van der Waals surface area contributed by atoms with Crippen LogP contribution in [0.4, 0.5) is 10.8 Å². The lowest BCUT2D eigenvalue weighted by Crippen LogP contribution is -2.37. The van der Waals surface area contributed by atoms with Gasteiger partial charge in [-0.25, -0.2) is 8.42 Å². The van der Waals surface area contributed by atoms with Crippen molar-refractivity contribution in [2.24, 2.45) is 0 Å². The molecule has 0 radical (unpaired) electrons. The first-order chi connectivity index (χ1) is 14.3. The number of benzene rings is 2. The van der Waals surface area contributed by atoms with Crippen molar-refractivity contribution < 1.29 is 13.2 Å². The maximum Gasteiger partial charge on any atom is 0.246 e. The quantitative estimate of drug-likeness (QED) is 0.366. The summed E-state index contributed by atoms with van der Waals surface area (Å²) >= 11 is 4.28. The highest BCUT2D eigenvalue weighted by Crippen LogP contribution is 2.28. The van der Waals surface area contributed by atoms with Gasteiger partial charge in [0.2, 0.25) is 21.1 Å². The minimum absolute atomic E-state index is 0.335. The zero-order chi connectivity index (χ0) is 21.6. The maximum atomic E-state index is 12.5. The molecule has 0 aliphatic carbocycles. The lowest BCUT2D eigenvalue weighted by atomic mass is 10.2. The van der Waals surface area contributed by atoms with Crippen LogP contribution in [0, 0.1) is 0 Å². The molecule has 1 heterocycles. The molecule has 1 amide bonds. The van der Waals surface area contributed by atoms with E-state index in [2.05, 4.69) is 15.5 Å². The van der Waals surface area contributed by atoms with E-state index < -0.39 is 15.9 Å². The van der Waals surface area contributed by atoms with Gasteiger partial charge in [-0.1, -0.05) is 59.5 Å². The van der Waals surface area contributed by atoms with Crippen LogP contribution in [0.5, 0.6) is 0 Å². The molecule has 0 spiro atoms. The molecule has 0 saturated carbocycles. The molecule has 3 aromatic rings. The van der Waals surface area contributed by atoms with Crippen molar-refractivity contribution in [1.82, 2.24) is 10.2 Å². The van der Waals surface area contributed by atoms with Gasteiger partial charge in [-0.15, -0.1) is 22.0 Å². The summed E-state index contributed by atoms with van der Waals surface area (Å²) in [6.45, 7) is -0.345. The molecule has 0 unspecified atom stereocenters. The predicted molar refractivity (Wildman–Crippen MR) is 125 cm³/mol. The molecule has 0 aliphatic rings. The minimum atomic E-state index is -3.64. The van der Waals surface area contributed by atoms with Gasteiger partial charge in [-0.3, -0.25) is 14.4 Å². The Bertz CT molecular complexity index is 1100. The van der Waals surface area contributed by atoms with E-state index in [0.29, 0.717) is 10.8 Å². The number of carbonyl (C=O) groups is 1.